The fourth-order valence-electron chi connectivity index (χ4n) is 2.28. The number of nitrogen functional groups attached to an aromatic ring is 1. The summed E-state index contributed by atoms with van der Waals surface area (Å²) in [4.78, 5) is 4.58. The third-order valence-electron chi connectivity index (χ3n) is 3.47. The maximum absolute atomic E-state index is 6.18. The summed E-state index contributed by atoms with van der Waals surface area (Å²) >= 11 is 6.00. The highest BCUT2D eigenvalue weighted by Crippen LogP contribution is 2.28. The molecule has 0 bridgehead atoms. The second-order valence-corrected chi connectivity index (χ2v) is 5.63. The van der Waals surface area contributed by atoms with Gasteiger partial charge in [-0.2, -0.15) is 0 Å². The van der Waals surface area contributed by atoms with Crippen molar-refractivity contribution >= 4 is 23.1 Å². The van der Waals surface area contributed by atoms with E-state index in [4.69, 9.17) is 17.3 Å². The Balaban J connectivity index is 2.12. The van der Waals surface area contributed by atoms with E-state index >= 15 is 0 Å². The van der Waals surface area contributed by atoms with Gasteiger partial charge >= 0.3 is 0 Å². The van der Waals surface area contributed by atoms with Crippen LogP contribution in [-0.4, -0.2) is 9.38 Å². The van der Waals surface area contributed by atoms with Crippen LogP contribution >= 0.6 is 11.6 Å². The monoisotopic (exact) mass is 285 g/mol. The molecule has 20 heavy (non-hydrogen) atoms. The van der Waals surface area contributed by atoms with Crippen molar-refractivity contribution in [2.24, 2.45) is 0 Å². The van der Waals surface area contributed by atoms with Crippen molar-refractivity contribution in [3.8, 4) is 11.3 Å². The fraction of sp³-hybridized carbons (Fsp3) is 0.188. The first-order valence-electron chi connectivity index (χ1n) is 6.59. The Labute approximate surface area is 123 Å². The summed E-state index contributed by atoms with van der Waals surface area (Å²) in [6.07, 6.45) is 1.78. The number of aromatic nitrogens is 2. The van der Waals surface area contributed by atoms with Crippen LogP contribution in [0.1, 0.15) is 25.3 Å². The van der Waals surface area contributed by atoms with Gasteiger partial charge in [0.1, 0.15) is 17.2 Å². The molecule has 0 radical (unpaired) electrons. The van der Waals surface area contributed by atoms with E-state index < -0.39 is 0 Å². The van der Waals surface area contributed by atoms with Gasteiger partial charge in [-0.1, -0.05) is 49.7 Å². The quantitative estimate of drug-likeness (QED) is 0.760. The number of fused-ring (bicyclic) bond motifs is 1. The zero-order valence-corrected chi connectivity index (χ0v) is 12.2. The molecule has 0 aliphatic rings. The smallest absolute Gasteiger partial charge is 0.139 e. The van der Waals surface area contributed by atoms with Gasteiger partial charge in [0.2, 0.25) is 0 Å². The third kappa shape index (κ3) is 2.14. The zero-order valence-electron chi connectivity index (χ0n) is 11.5. The first-order chi connectivity index (χ1) is 9.56. The molecule has 3 rings (SSSR count). The molecule has 0 saturated heterocycles. The second kappa shape index (κ2) is 4.84. The molecule has 0 spiro atoms. The van der Waals surface area contributed by atoms with Crippen molar-refractivity contribution in [2.75, 3.05) is 5.73 Å². The lowest BCUT2D eigenvalue weighted by molar-refractivity contribution is 0.867. The average molecular weight is 286 g/mol. The van der Waals surface area contributed by atoms with Gasteiger partial charge in [-0.05, 0) is 23.6 Å². The molecule has 0 amide bonds. The minimum atomic E-state index is 0.515. The van der Waals surface area contributed by atoms with Crippen LogP contribution < -0.4 is 5.73 Å². The predicted octanol–water partition coefficient (Wildman–Crippen LogP) is 4.36. The number of nitrogens with two attached hydrogens (primary N) is 1. The van der Waals surface area contributed by atoms with E-state index in [0.29, 0.717) is 16.8 Å². The third-order valence-corrected chi connectivity index (χ3v) is 3.69. The topological polar surface area (TPSA) is 43.3 Å². The number of anilines is 1. The number of pyridine rings is 1. The average Bonchev–Trinajstić information content (AvgIpc) is 2.76. The van der Waals surface area contributed by atoms with Gasteiger partial charge < -0.3 is 5.73 Å². The number of nitrogens with zero attached hydrogens (tertiary/aromatic N) is 2. The van der Waals surface area contributed by atoms with Crippen LogP contribution in [0.5, 0.6) is 0 Å². The second-order valence-electron chi connectivity index (χ2n) is 5.20. The number of hydrogen-bond acceptors (Lipinski definition) is 2. The van der Waals surface area contributed by atoms with Crippen molar-refractivity contribution in [1.29, 1.82) is 0 Å². The van der Waals surface area contributed by atoms with E-state index in [0.717, 1.165) is 16.9 Å². The Morgan fingerprint density at radius 1 is 1.10 bits per heavy atom. The van der Waals surface area contributed by atoms with Crippen LogP contribution in [0.3, 0.4) is 0 Å². The van der Waals surface area contributed by atoms with Crippen LogP contribution in [0.15, 0.2) is 42.6 Å². The van der Waals surface area contributed by atoms with Gasteiger partial charge in [-0.25, -0.2) is 4.98 Å². The van der Waals surface area contributed by atoms with Gasteiger partial charge in [0.25, 0.3) is 0 Å². The van der Waals surface area contributed by atoms with Crippen LogP contribution in [0.4, 0.5) is 5.82 Å². The standard InChI is InChI=1S/C16H16ClN3/c1-10(2)11-3-5-12(6-4-11)15-16(18)20-9-13(17)7-8-14(20)19-15/h3-10H,18H2,1-2H3. The molecule has 3 nitrogen and oxygen atoms in total. The highest BCUT2D eigenvalue weighted by molar-refractivity contribution is 6.30. The minimum Gasteiger partial charge on any atom is -0.383 e. The SMILES string of the molecule is CC(C)c1ccc(-c2nc3ccc(Cl)cn3c2N)cc1. The fourth-order valence-corrected chi connectivity index (χ4v) is 2.44. The Hall–Kier alpha value is -2.00. The van der Waals surface area contributed by atoms with E-state index in [1.807, 2.05) is 16.5 Å². The van der Waals surface area contributed by atoms with Crippen molar-refractivity contribution in [2.45, 2.75) is 19.8 Å². The van der Waals surface area contributed by atoms with E-state index in [1.165, 1.54) is 5.56 Å². The first-order valence-corrected chi connectivity index (χ1v) is 6.97. The molecular weight excluding hydrogens is 270 g/mol. The molecule has 4 heteroatoms. The van der Waals surface area contributed by atoms with E-state index in [-0.39, 0.29) is 0 Å². The minimum absolute atomic E-state index is 0.515. The lowest BCUT2D eigenvalue weighted by atomic mass is 10.0. The summed E-state index contributed by atoms with van der Waals surface area (Å²) in [6.45, 7) is 4.35. The van der Waals surface area contributed by atoms with Gasteiger partial charge in [0, 0.05) is 11.8 Å². The maximum Gasteiger partial charge on any atom is 0.139 e. The molecule has 2 N–H and O–H groups in total. The first kappa shape index (κ1) is 13.0. The molecule has 0 fully saturated rings. The lowest BCUT2D eigenvalue weighted by Crippen LogP contribution is -1.94. The Morgan fingerprint density at radius 3 is 2.45 bits per heavy atom. The van der Waals surface area contributed by atoms with E-state index in [9.17, 15) is 0 Å². The van der Waals surface area contributed by atoms with Crippen molar-refractivity contribution in [3.63, 3.8) is 0 Å². The molecule has 0 atom stereocenters. The van der Waals surface area contributed by atoms with Crippen LogP contribution in [0.25, 0.3) is 16.9 Å². The van der Waals surface area contributed by atoms with Crippen LogP contribution in [-0.2, 0) is 0 Å². The van der Waals surface area contributed by atoms with Gasteiger partial charge in [-0.3, -0.25) is 4.40 Å². The summed E-state index contributed by atoms with van der Waals surface area (Å²) in [5.74, 6) is 1.13. The molecule has 0 aliphatic carbocycles. The Morgan fingerprint density at radius 2 is 1.80 bits per heavy atom. The van der Waals surface area contributed by atoms with Gasteiger partial charge in [-0.15, -0.1) is 0 Å². The van der Waals surface area contributed by atoms with Crippen molar-refractivity contribution in [3.05, 3.63) is 53.2 Å². The van der Waals surface area contributed by atoms with Gasteiger partial charge in [0.05, 0.1) is 5.02 Å². The van der Waals surface area contributed by atoms with Crippen LogP contribution in [0, 0.1) is 0 Å². The predicted molar refractivity (Wildman–Crippen MR) is 84.1 cm³/mol. The maximum atomic E-state index is 6.18. The molecule has 2 aromatic heterocycles. The highest BCUT2D eigenvalue weighted by Gasteiger charge is 2.11. The summed E-state index contributed by atoms with van der Waals surface area (Å²) in [5, 5.41) is 0.642. The Bertz CT molecular complexity index is 757. The molecular formula is C16H16ClN3. The Kier molecular flexibility index (Phi) is 3.14. The summed E-state index contributed by atoms with van der Waals surface area (Å²) in [6, 6.07) is 12.1. The normalized spacial score (nSPS) is 11.4. The van der Waals surface area contributed by atoms with Crippen molar-refractivity contribution < 1.29 is 0 Å². The number of halogens is 1. The highest BCUT2D eigenvalue weighted by atomic mass is 35.5. The van der Waals surface area contributed by atoms with E-state index in [1.54, 1.807) is 6.20 Å². The molecule has 0 unspecified atom stereocenters. The van der Waals surface area contributed by atoms with Crippen molar-refractivity contribution in [1.82, 2.24) is 9.38 Å². The van der Waals surface area contributed by atoms with E-state index in [2.05, 4.69) is 43.1 Å². The number of rotatable bonds is 2. The summed E-state index contributed by atoms with van der Waals surface area (Å²) in [7, 11) is 0. The van der Waals surface area contributed by atoms with Crippen LogP contribution in [0.2, 0.25) is 5.02 Å². The molecule has 102 valence electrons. The number of imidazole rings is 1. The molecule has 0 saturated carbocycles. The zero-order chi connectivity index (χ0) is 14.3. The van der Waals surface area contributed by atoms with Gasteiger partial charge in [0.15, 0.2) is 0 Å². The summed E-state index contributed by atoms with van der Waals surface area (Å²) in [5.41, 5.74) is 10.1. The molecule has 1 aromatic carbocycles. The number of benzene rings is 1. The molecule has 0 aliphatic heterocycles. The lowest BCUT2D eigenvalue weighted by Gasteiger charge is -2.06. The number of hydrogen-bond donors (Lipinski definition) is 1. The largest absolute Gasteiger partial charge is 0.383 e. The molecule has 2 heterocycles. The molecule has 3 aromatic rings. The summed E-state index contributed by atoms with van der Waals surface area (Å²) < 4.78 is 1.81.